The Hall–Kier alpha value is -4.53. The number of carboxylic acid groups (broad SMARTS) is 1. The van der Waals surface area contributed by atoms with Gasteiger partial charge in [0.05, 0.1) is 24.0 Å². The van der Waals surface area contributed by atoms with Crippen LogP contribution in [0.15, 0.2) is 54.7 Å². The minimum atomic E-state index is -5.08. The minimum absolute atomic E-state index is 0.249. The molecule has 2 aromatic heterocycles. The fraction of sp³-hybridized carbons (Fsp3) is 0.250. The maximum Gasteiger partial charge on any atom is 0.490 e. The molecule has 10 nitrogen and oxygen atoms in total. The van der Waals surface area contributed by atoms with Gasteiger partial charge in [-0.1, -0.05) is 19.1 Å². The third-order valence-electron chi connectivity index (χ3n) is 6.11. The number of pyridine rings is 1. The number of carbonyl (C=O) groups excluding carboxylic acids is 1. The number of aliphatic hydroxyl groups excluding tert-OH is 2. The van der Waals surface area contributed by atoms with Crippen molar-refractivity contribution in [2.45, 2.75) is 32.2 Å². The first-order valence-corrected chi connectivity index (χ1v) is 12.6. The molecule has 8 N–H and O–H groups in total. The van der Waals surface area contributed by atoms with Gasteiger partial charge in [-0.25, -0.2) is 14.2 Å². The fourth-order valence-corrected chi connectivity index (χ4v) is 4.09. The molecule has 2 heterocycles. The van der Waals surface area contributed by atoms with E-state index in [1.54, 1.807) is 12.1 Å². The Morgan fingerprint density at radius 2 is 1.81 bits per heavy atom. The molecule has 0 spiro atoms. The van der Waals surface area contributed by atoms with Crippen molar-refractivity contribution >= 4 is 34.3 Å². The van der Waals surface area contributed by atoms with Gasteiger partial charge >= 0.3 is 12.1 Å². The number of nitrogens with one attached hydrogen (secondary N) is 3. The smallest absolute Gasteiger partial charge is 0.475 e. The number of halogens is 4. The maximum atomic E-state index is 13.4. The molecule has 0 saturated carbocycles. The highest BCUT2D eigenvalue weighted by molar-refractivity contribution is 6.08. The van der Waals surface area contributed by atoms with Crippen LogP contribution < -0.4 is 16.4 Å². The average Bonchev–Trinajstić information content (AvgIpc) is 3.38. The first-order valence-electron chi connectivity index (χ1n) is 12.6. The summed E-state index contributed by atoms with van der Waals surface area (Å²) in [6.45, 7) is 2.50. The van der Waals surface area contributed by atoms with Gasteiger partial charge in [-0.05, 0) is 59.5 Å². The van der Waals surface area contributed by atoms with Crippen LogP contribution in [0.5, 0.6) is 0 Å². The molecule has 4 rings (SSSR count). The molecule has 0 aliphatic rings. The van der Waals surface area contributed by atoms with E-state index in [4.69, 9.17) is 20.7 Å². The van der Waals surface area contributed by atoms with E-state index >= 15 is 0 Å². The summed E-state index contributed by atoms with van der Waals surface area (Å²) in [6.07, 6.45) is -3.75. The van der Waals surface area contributed by atoms with Crippen LogP contribution in [0.25, 0.3) is 22.3 Å². The number of amides is 1. The van der Waals surface area contributed by atoms with E-state index in [-0.39, 0.29) is 24.5 Å². The van der Waals surface area contributed by atoms with Gasteiger partial charge in [0.2, 0.25) is 0 Å². The SMILES string of the molecule is CCc1c(CNCC(O)CO)cccc1Nc1c(C(N)=O)cnc2[nH]c(-c3ccc(F)cc3)cc12.O=C(O)C(F)(F)F. The maximum absolute atomic E-state index is 13.4. The standard InChI is InChI=1S/C26H28FN5O3.C2HF3O2/c1-2-19-16(11-29-12-18(34)14-33)4-3-5-22(19)31-24-20-10-23(15-6-8-17(27)9-7-15)32-26(20)30-13-21(24)25(28)35;3-2(4,5)1(6)7/h3-10,13,18,29,33-34H,2,11-12,14H2,1H3,(H2,28,35)(H2,30,31,32);(H,6,7). The van der Waals surface area contributed by atoms with Gasteiger partial charge in [-0.3, -0.25) is 4.79 Å². The molecular formula is C28H29F4N5O5. The largest absolute Gasteiger partial charge is 0.490 e. The Labute approximate surface area is 237 Å². The van der Waals surface area contributed by atoms with Crippen LogP contribution in [0, 0.1) is 5.82 Å². The lowest BCUT2D eigenvalue weighted by Gasteiger charge is -2.18. The number of benzene rings is 2. The van der Waals surface area contributed by atoms with Crippen LogP contribution >= 0.6 is 0 Å². The van der Waals surface area contributed by atoms with Gasteiger partial charge in [0.1, 0.15) is 11.5 Å². The van der Waals surface area contributed by atoms with Crippen LogP contribution in [0.1, 0.15) is 28.4 Å². The number of aliphatic carboxylic acids is 1. The Bertz CT molecular complexity index is 1540. The summed E-state index contributed by atoms with van der Waals surface area (Å²) in [6, 6.07) is 13.8. The summed E-state index contributed by atoms with van der Waals surface area (Å²) in [7, 11) is 0. The highest BCUT2D eigenvalue weighted by atomic mass is 19.4. The van der Waals surface area contributed by atoms with Gasteiger partial charge in [-0.2, -0.15) is 13.2 Å². The minimum Gasteiger partial charge on any atom is -0.475 e. The zero-order chi connectivity index (χ0) is 31.0. The fourth-order valence-electron chi connectivity index (χ4n) is 4.09. The van der Waals surface area contributed by atoms with Crippen molar-refractivity contribution in [3.8, 4) is 11.3 Å². The molecule has 1 amide bonds. The van der Waals surface area contributed by atoms with E-state index < -0.39 is 24.2 Å². The first-order chi connectivity index (χ1) is 19.8. The first kappa shape index (κ1) is 32.0. The summed E-state index contributed by atoms with van der Waals surface area (Å²) < 4.78 is 45.1. The summed E-state index contributed by atoms with van der Waals surface area (Å²) >= 11 is 0. The van der Waals surface area contributed by atoms with Gasteiger partial charge < -0.3 is 36.7 Å². The number of primary amides is 1. The van der Waals surface area contributed by atoms with Crippen molar-refractivity contribution in [2.75, 3.05) is 18.5 Å². The molecule has 1 atom stereocenters. The molecular weight excluding hydrogens is 562 g/mol. The molecule has 0 aliphatic heterocycles. The number of anilines is 2. The van der Waals surface area contributed by atoms with Crippen LogP contribution in [0.3, 0.4) is 0 Å². The molecule has 4 aromatic rings. The lowest BCUT2D eigenvalue weighted by atomic mass is 10.0. The zero-order valence-electron chi connectivity index (χ0n) is 22.3. The third-order valence-corrected chi connectivity index (χ3v) is 6.11. The molecule has 0 bridgehead atoms. The Kier molecular flexibility index (Phi) is 10.6. The van der Waals surface area contributed by atoms with Crippen LogP contribution in [-0.4, -0.2) is 62.6 Å². The predicted molar refractivity (Wildman–Crippen MR) is 148 cm³/mol. The summed E-state index contributed by atoms with van der Waals surface area (Å²) in [4.78, 5) is 28.8. The van der Waals surface area contributed by atoms with Crippen molar-refractivity contribution in [1.82, 2.24) is 15.3 Å². The number of H-pyrrole nitrogens is 1. The monoisotopic (exact) mass is 591 g/mol. The number of carbonyl (C=O) groups is 2. The number of hydrogen-bond donors (Lipinski definition) is 7. The number of aliphatic hydroxyl groups is 2. The molecule has 0 saturated heterocycles. The summed E-state index contributed by atoms with van der Waals surface area (Å²) in [5.41, 5.74) is 11.4. The van der Waals surface area contributed by atoms with Gasteiger partial charge in [0, 0.05) is 36.1 Å². The van der Waals surface area contributed by atoms with Gasteiger partial charge in [-0.15, -0.1) is 0 Å². The van der Waals surface area contributed by atoms with Crippen LogP contribution in [0.2, 0.25) is 0 Å². The van der Waals surface area contributed by atoms with Crippen molar-refractivity contribution in [2.24, 2.45) is 5.73 Å². The van der Waals surface area contributed by atoms with E-state index in [0.717, 1.165) is 34.5 Å². The highest BCUT2D eigenvalue weighted by Gasteiger charge is 2.38. The van der Waals surface area contributed by atoms with E-state index in [1.165, 1.54) is 18.3 Å². The third kappa shape index (κ3) is 8.02. The average molecular weight is 592 g/mol. The number of fused-ring (bicyclic) bond motifs is 1. The topological polar surface area (TPSA) is 174 Å². The van der Waals surface area contributed by atoms with E-state index in [0.29, 0.717) is 23.3 Å². The quantitative estimate of drug-likeness (QED) is 0.136. The number of aromatic nitrogens is 2. The summed E-state index contributed by atoms with van der Waals surface area (Å²) in [5, 5.41) is 33.0. The van der Waals surface area contributed by atoms with Crippen LogP contribution in [0.4, 0.5) is 28.9 Å². The normalized spacial score (nSPS) is 12.0. The van der Waals surface area contributed by atoms with Crippen molar-refractivity contribution in [3.63, 3.8) is 0 Å². The van der Waals surface area contributed by atoms with Gasteiger partial charge in [0.15, 0.2) is 0 Å². The number of carboxylic acids is 1. The second-order valence-corrected chi connectivity index (χ2v) is 9.06. The number of alkyl halides is 3. The molecule has 2 aromatic carbocycles. The van der Waals surface area contributed by atoms with Gasteiger partial charge in [0.25, 0.3) is 5.91 Å². The number of hydrogen-bond acceptors (Lipinski definition) is 7. The summed E-state index contributed by atoms with van der Waals surface area (Å²) in [5.74, 6) is -3.69. The van der Waals surface area contributed by atoms with Crippen molar-refractivity contribution in [1.29, 1.82) is 0 Å². The second-order valence-electron chi connectivity index (χ2n) is 9.06. The number of rotatable bonds is 10. The van der Waals surface area contributed by atoms with Crippen molar-refractivity contribution < 1.29 is 42.5 Å². The molecule has 0 fully saturated rings. The lowest BCUT2D eigenvalue weighted by Crippen LogP contribution is -2.29. The molecule has 14 heteroatoms. The van der Waals surface area contributed by atoms with E-state index in [2.05, 4.69) is 20.6 Å². The molecule has 0 aliphatic carbocycles. The molecule has 0 radical (unpaired) electrons. The highest BCUT2D eigenvalue weighted by Crippen LogP contribution is 2.34. The van der Waals surface area contributed by atoms with Crippen LogP contribution in [-0.2, 0) is 17.8 Å². The van der Waals surface area contributed by atoms with Crippen molar-refractivity contribution in [3.05, 3.63) is 77.2 Å². The lowest BCUT2D eigenvalue weighted by molar-refractivity contribution is -0.192. The van der Waals surface area contributed by atoms with E-state index in [1.807, 2.05) is 31.2 Å². The Balaban J connectivity index is 0.000000616. The second kappa shape index (κ2) is 13.9. The number of nitrogens with zero attached hydrogens (tertiary/aromatic N) is 1. The number of nitrogens with two attached hydrogens (primary N) is 1. The Morgan fingerprint density at radius 1 is 1.14 bits per heavy atom. The zero-order valence-corrected chi connectivity index (χ0v) is 22.3. The number of aromatic amines is 1. The molecule has 42 heavy (non-hydrogen) atoms. The predicted octanol–water partition coefficient (Wildman–Crippen LogP) is 3.85. The molecule has 224 valence electrons. The molecule has 1 unspecified atom stereocenters. The Morgan fingerprint density at radius 3 is 2.38 bits per heavy atom. The van der Waals surface area contributed by atoms with E-state index in [9.17, 15) is 27.5 Å².